The largest absolute Gasteiger partial charge is 0.342 e. The predicted molar refractivity (Wildman–Crippen MR) is 129 cm³/mol. The number of hydrogen-bond donors (Lipinski definition) is 1. The third kappa shape index (κ3) is 4.51. The summed E-state index contributed by atoms with van der Waals surface area (Å²) in [5, 5.41) is 10.3. The van der Waals surface area contributed by atoms with E-state index in [4.69, 9.17) is 34.8 Å². The number of halogens is 3. The lowest BCUT2D eigenvalue weighted by Crippen LogP contribution is -2.41. The number of hydrogen-bond acceptors (Lipinski definition) is 3. The van der Waals surface area contributed by atoms with Gasteiger partial charge >= 0.3 is 6.03 Å². The molecule has 0 saturated heterocycles. The second-order valence-electron chi connectivity index (χ2n) is 7.62. The zero-order chi connectivity index (χ0) is 22.9. The lowest BCUT2D eigenvalue weighted by atomic mass is 9.76. The highest BCUT2D eigenvalue weighted by atomic mass is 35.5. The van der Waals surface area contributed by atoms with E-state index in [9.17, 15) is 9.59 Å². The summed E-state index contributed by atoms with van der Waals surface area (Å²) >= 11 is 17.9. The number of amides is 2. The number of urea groups is 1. The SMILES string of the molecule is CC1(C(=O)c2ccc(Cl)cc2)CN(C(=O)Nc2ccc(Cl)cc2)N=C1c1ccc(Cl)cc1. The van der Waals surface area contributed by atoms with Crippen LogP contribution in [0.25, 0.3) is 0 Å². The third-order valence-electron chi connectivity index (χ3n) is 5.26. The first-order valence-electron chi connectivity index (χ1n) is 9.76. The molecule has 8 heteroatoms. The Hall–Kier alpha value is -2.86. The number of carbonyl (C=O) groups excluding carboxylic acids is 2. The molecule has 3 aromatic carbocycles. The van der Waals surface area contributed by atoms with Crippen molar-refractivity contribution >= 4 is 58.0 Å². The van der Waals surface area contributed by atoms with Crippen molar-refractivity contribution in [3.8, 4) is 0 Å². The maximum absolute atomic E-state index is 13.6. The summed E-state index contributed by atoms with van der Waals surface area (Å²) in [7, 11) is 0. The molecule has 1 unspecified atom stereocenters. The quantitative estimate of drug-likeness (QED) is 0.413. The summed E-state index contributed by atoms with van der Waals surface area (Å²) in [4.78, 5) is 26.5. The molecule has 0 bridgehead atoms. The van der Waals surface area contributed by atoms with Gasteiger partial charge in [-0.15, -0.1) is 0 Å². The van der Waals surface area contributed by atoms with Gasteiger partial charge in [0.1, 0.15) is 0 Å². The van der Waals surface area contributed by atoms with Crippen LogP contribution in [0.4, 0.5) is 10.5 Å². The van der Waals surface area contributed by atoms with E-state index in [1.807, 2.05) is 0 Å². The Kier molecular flexibility index (Phi) is 6.24. The molecule has 1 N–H and O–H groups in total. The van der Waals surface area contributed by atoms with Crippen molar-refractivity contribution in [2.45, 2.75) is 6.92 Å². The zero-order valence-corrected chi connectivity index (χ0v) is 19.2. The summed E-state index contributed by atoms with van der Waals surface area (Å²) < 4.78 is 0. The molecule has 0 radical (unpaired) electrons. The first-order valence-corrected chi connectivity index (χ1v) is 10.9. The molecule has 0 aliphatic carbocycles. The van der Waals surface area contributed by atoms with Crippen LogP contribution in [0.15, 0.2) is 77.9 Å². The lowest BCUT2D eigenvalue weighted by Gasteiger charge is -2.25. The number of Topliss-reactive ketones (excluding diaryl/α,β-unsaturated/α-hetero) is 1. The summed E-state index contributed by atoms with van der Waals surface area (Å²) in [6.07, 6.45) is 0. The van der Waals surface area contributed by atoms with Crippen molar-refractivity contribution in [1.82, 2.24) is 5.01 Å². The van der Waals surface area contributed by atoms with Gasteiger partial charge in [-0.3, -0.25) is 4.79 Å². The van der Waals surface area contributed by atoms with E-state index in [-0.39, 0.29) is 12.3 Å². The average Bonchev–Trinajstić information content (AvgIpc) is 3.15. The summed E-state index contributed by atoms with van der Waals surface area (Å²) in [5.74, 6) is -0.162. The van der Waals surface area contributed by atoms with Crippen molar-refractivity contribution in [1.29, 1.82) is 0 Å². The van der Waals surface area contributed by atoms with Crippen molar-refractivity contribution in [2.75, 3.05) is 11.9 Å². The Labute approximate surface area is 200 Å². The van der Waals surface area contributed by atoms with Gasteiger partial charge in [0, 0.05) is 26.3 Å². The van der Waals surface area contributed by atoms with Gasteiger partial charge in [0.05, 0.1) is 17.7 Å². The van der Waals surface area contributed by atoms with Gasteiger partial charge in [0.15, 0.2) is 5.78 Å². The molecule has 1 aliphatic rings. The fourth-order valence-electron chi connectivity index (χ4n) is 3.56. The summed E-state index contributed by atoms with van der Waals surface area (Å²) in [6, 6.07) is 20.0. The Morgan fingerprint density at radius 2 is 1.34 bits per heavy atom. The van der Waals surface area contributed by atoms with Gasteiger partial charge in [0.2, 0.25) is 0 Å². The monoisotopic (exact) mass is 485 g/mol. The van der Waals surface area contributed by atoms with Gasteiger partial charge in [-0.1, -0.05) is 46.9 Å². The first kappa shape index (κ1) is 22.3. The number of ketones is 1. The molecule has 1 heterocycles. The van der Waals surface area contributed by atoms with E-state index in [0.29, 0.717) is 37.6 Å². The molecule has 1 atom stereocenters. The molecule has 0 saturated carbocycles. The van der Waals surface area contributed by atoms with Crippen LogP contribution in [0, 0.1) is 5.41 Å². The number of nitrogens with zero attached hydrogens (tertiary/aromatic N) is 2. The molecule has 0 fully saturated rings. The number of hydrazone groups is 1. The lowest BCUT2D eigenvalue weighted by molar-refractivity contribution is 0.0876. The zero-order valence-electron chi connectivity index (χ0n) is 17.0. The molecule has 0 spiro atoms. The highest BCUT2D eigenvalue weighted by Gasteiger charge is 2.47. The molecule has 4 rings (SSSR count). The van der Waals surface area contributed by atoms with Crippen LogP contribution < -0.4 is 5.32 Å². The van der Waals surface area contributed by atoms with Gasteiger partial charge in [-0.2, -0.15) is 5.10 Å². The van der Waals surface area contributed by atoms with Crippen LogP contribution in [-0.2, 0) is 0 Å². The van der Waals surface area contributed by atoms with Crippen LogP contribution >= 0.6 is 34.8 Å². The Balaban J connectivity index is 1.68. The number of carbonyl (C=O) groups is 2. The van der Waals surface area contributed by atoms with Gasteiger partial charge in [0.25, 0.3) is 0 Å². The first-order chi connectivity index (χ1) is 15.3. The van der Waals surface area contributed by atoms with E-state index in [2.05, 4.69) is 10.4 Å². The topological polar surface area (TPSA) is 61.8 Å². The molecule has 5 nitrogen and oxygen atoms in total. The number of benzene rings is 3. The molecule has 2 amide bonds. The fourth-order valence-corrected chi connectivity index (χ4v) is 3.94. The molecule has 32 heavy (non-hydrogen) atoms. The normalized spacial score (nSPS) is 17.8. The fraction of sp³-hybridized carbons (Fsp3) is 0.125. The van der Waals surface area contributed by atoms with E-state index in [1.54, 1.807) is 79.7 Å². The van der Waals surface area contributed by atoms with Crippen molar-refractivity contribution < 1.29 is 9.59 Å². The Morgan fingerprint density at radius 3 is 1.91 bits per heavy atom. The third-order valence-corrected chi connectivity index (χ3v) is 6.02. The van der Waals surface area contributed by atoms with Gasteiger partial charge in [-0.05, 0) is 73.2 Å². The van der Waals surface area contributed by atoms with Crippen LogP contribution in [0.2, 0.25) is 15.1 Å². The molecule has 1 aliphatic heterocycles. The van der Waals surface area contributed by atoms with E-state index in [1.165, 1.54) is 5.01 Å². The van der Waals surface area contributed by atoms with Crippen molar-refractivity contribution in [2.24, 2.45) is 10.5 Å². The predicted octanol–water partition coefficient (Wildman–Crippen LogP) is 6.79. The molecular formula is C24H18Cl3N3O2. The van der Waals surface area contributed by atoms with Crippen LogP contribution in [0.1, 0.15) is 22.8 Å². The Bertz CT molecular complexity index is 1190. The van der Waals surface area contributed by atoms with E-state index >= 15 is 0 Å². The summed E-state index contributed by atoms with van der Waals surface area (Å²) in [5.41, 5.74) is 1.18. The second kappa shape index (κ2) is 8.94. The van der Waals surface area contributed by atoms with E-state index in [0.717, 1.165) is 0 Å². The molecule has 0 aromatic heterocycles. The Morgan fingerprint density at radius 1 is 0.844 bits per heavy atom. The molecular weight excluding hydrogens is 469 g/mol. The number of anilines is 1. The van der Waals surface area contributed by atoms with Crippen LogP contribution in [0.5, 0.6) is 0 Å². The smallest absolute Gasteiger partial charge is 0.306 e. The van der Waals surface area contributed by atoms with Crippen LogP contribution in [-0.4, -0.2) is 29.1 Å². The second-order valence-corrected chi connectivity index (χ2v) is 8.93. The number of rotatable bonds is 4. The molecule has 3 aromatic rings. The highest BCUT2D eigenvalue weighted by molar-refractivity contribution is 6.31. The maximum atomic E-state index is 13.6. The average molecular weight is 487 g/mol. The van der Waals surface area contributed by atoms with Crippen LogP contribution in [0.3, 0.4) is 0 Å². The standard InChI is InChI=1S/C24H18Cl3N3O2/c1-24(22(31)16-4-8-18(26)9-5-16)14-30(23(32)28-20-12-10-19(27)11-13-20)29-21(24)15-2-6-17(25)7-3-15/h2-13H,14H2,1H3,(H,28,32). The van der Waals surface area contributed by atoms with E-state index < -0.39 is 11.4 Å². The van der Waals surface area contributed by atoms with Gasteiger partial charge < -0.3 is 5.32 Å². The number of nitrogens with one attached hydrogen (secondary N) is 1. The maximum Gasteiger partial charge on any atom is 0.342 e. The van der Waals surface area contributed by atoms with Crippen molar-refractivity contribution in [3.63, 3.8) is 0 Å². The minimum Gasteiger partial charge on any atom is -0.306 e. The summed E-state index contributed by atoms with van der Waals surface area (Å²) in [6.45, 7) is 1.86. The highest BCUT2D eigenvalue weighted by Crippen LogP contribution is 2.35. The van der Waals surface area contributed by atoms with Gasteiger partial charge in [-0.25, -0.2) is 9.80 Å². The minimum absolute atomic E-state index is 0.0752. The molecule has 162 valence electrons. The van der Waals surface area contributed by atoms with Crippen molar-refractivity contribution in [3.05, 3.63) is 99.0 Å². The minimum atomic E-state index is -1.07.